The quantitative estimate of drug-likeness (QED) is 0.758. The maximum atomic E-state index is 5.94. The molecule has 1 fully saturated rings. The molecule has 3 heteroatoms. The molecule has 0 radical (unpaired) electrons. The van der Waals surface area contributed by atoms with Gasteiger partial charge < -0.3 is 10.3 Å². The zero-order chi connectivity index (χ0) is 9.97. The first kappa shape index (κ1) is 9.74. The van der Waals surface area contributed by atoms with E-state index in [1.165, 1.54) is 25.1 Å². The highest BCUT2D eigenvalue weighted by Gasteiger charge is 2.16. The van der Waals surface area contributed by atoms with Crippen molar-refractivity contribution in [1.29, 1.82) is 0 Å². The molecule has 0 saturated carbocycles. The van der Waals surface area contributed by atoms with Crippen molar-refractivity contribution >= 4 is 0 Å². The number of aromatic nitrogens is 1. The third kappa shape index (κ3) is 2.16. The van der Waals surface area contributed by atoms with Gasteiger partial charge in [0.2, 0.25) is 0 Å². The fraction of sp³-hybridized carbons (Fsp3) is 0.636. The molecule has 3 nitrogen and oxygen atoms in total. The van der Waals surface area contributed by atoms with Crippen molar-refractivity contribution in [2.75, 3.05) is 13.1 Å². The normalized spacial score (nSPS) is 24.0. The van der Waals surface area contributed by atoms with Crippen LogP contribution in [-0.2, 0) is 13.6 Å². The minimum atomic E-state index is 0.379. The van der Waals surface area contributed by atoms with Crippen LogP contribution < -0.4 is 5.73 Å². The maximum absolute atomic E-state index is 5.94. The largest absolute Gasteiger partial charge is 0.353 e. The summed E-state index contributed by atoms with van der Waals surface area (Å²) in [6.07, 6.45) is 4.52. The molecule has 0 bridgehead atoms. The molecule has 1 saturated heterocycles. The number of hydrogen-bond acceptors (Lipinski definition) is 2. The Morgan fingerprint density at radius 2 is 2.43 bits per heavy atom. The molecule has 0 aliphatic carbocycles. The van der Waals surface area contributed by atoms with Crippen molar-refractivity contribution < 1.29 is 0 Å². The van der Waals surface area contributed by atoms with Gasteiger partial charge in [-0.1, -0.05) is 0 Å². The van der Waals surface area contributed by atoms with Crippen LogP contribution >= 0.6 is 0 Å². The first-order valence-electron chi connectivity index (χ1n) is 5.34. The van der Waals surface area contributed by atoms with Crippen molar-refractivity contribution in [3.8, 4) is 0 Å². The summed E-state index contributed by atoms with van der Waals surface area (Å²) in [5, 5.41) is 0. The van der Waals surface area contributed by atoms with Crippen LogP contribution in [-0.4, -0.2) is 28.6 Å². The molecule has 2 rings (SSSR count). The van der Waals surface area contributed by atoms with Crippen LogP contribution in [0.2, 0.25) is 0 Å². The maximum Gasteiger partial charge on any atom is 0.0387 e. The molecule has 1 aromatic heterocycles. The van der Waals surface area contributed by atoms with E-state index in [0.717, 1.165) is 13.1 Å². The van der Waals surface area contributed by atoms with E-state index in [4.69, 9.17) is 5.73 Å². The Labute approximate surface area is 85.5 Å². The number of rotatable bonds is 2. The third-order valence-corrected chi connectivity index (χ3v) is 2.98. The molecular formula is C11H19N3. The predicted molar refractivity (Wildman–Crippen MR) is 57.9 cm³/mol. The summed E-state index contributed by atoms with van der Waals surface area (Å²) in [5.74, 6) is 0. The molecule has 1 aliphatic heterocycles. The zero-order valence-corrected chi connectivity index (χ0v) is 8.82. The van der Waals surface area contributed by atoms with E-state index in [1.54, 1.807) is 0 Å². The molecular weight excluding hydrogens is 174 g/mol. The Morgan fingerprint density at radius 3 is 3.07 bits per heavy atom. The minimum Gasteiger partial charge on any atom is -0.353 e. The van der Waals surface area contributed by atoms with Gasteiger partial charge in [-0.05, 0) is 31.5 Å². The highest BCUT2D eigenvalue weighted by Crippen LogP contribution is 2.12. The molecule has 78 valence electrons. The monoisotopic (exact) mass is 193 g/mol. The van der Waals surface area contributed by atoms with Crippen LogP contribution in [0, 0.1) is 0 Å². The van der Waals surface area contributed by atoms with Crippen molar-refractivity contribution in [3.63, 3.8) is 0 Å². The summed E-state index contributed by atoms with van der Waals surface area (Å²) in [5.41, 5.74) is 7.32. The smallest absolute Gasteiger partial charge is 0.0387 e. The first-order chi connectivity index (χ1) is 6.75. The van der Waals surface area contributed by atoms with Gasteiger partial charge in [0, 0.05) is 38.1 Å². The van der Waals surface area contributed by atoms with Gasteiger partial charge in [-0.2, -0.15) is 0 Å². The van der Waals surface area contributed by atoms with Gasteiger partial charge in [-0.3, -0.25) is 4.90 Å². The molecule has 0 unspecified atom stereocenters. The van der Waals surface area contributed by atoms with E-state index in [-0.39, 0.29) is 0 Å². The number of likely N-dealkylation sites (tertiary alicyclic amines) is 1. The van der Waals surface area contributed by atoms with Crippen LogP contribution in [0.25, 0.3) is 0 Å². The Bertz CT molecular complexity index is 292. The molecule has 0 spiro atoms. The Kier molecular flexibility index (Phi) is 2.89. The van der Waals surface area contributed by atoms with Gasteiger partial charge in [0.15, 0.2) is 0 Å². The second-order valence-corrected chi connectivity index (χ2v) is 4.25. The van der Waals surface area contributed by atoms with Crippen molar-refractivity contribution in [2.45, 2.75) is 25.4 Å². The summed E-state index contributed by atoms with van der Waals surface area (Å²) in [4.78, 5) is 2.45. The Balaban J connectivity index is 1.94. The third-order valence-electron chi connectivity index (χ3n) is 2.98. The van der Waals surface area contributed by atoms with Gasteiger partial charge in [-0.15, -0.1) is 0 Å². The summed E-state index contributed by atoms with van der Waals surface area (Å²) >= 11 is 0. The summed E-state index contributed by atoms with van der Waals surface area (Å²) in [7, 11) is 2.10. The lowest BCUT2D eigenvalue weighted by atomic mass is 10.1. The second-order valence-electron chi connectivity index (χ2n) is 4.25. The SMILES string of the molecule is Cn1cccc1CN1CCC[C@@H](N)C1. The molecule has 1 aromatic rings. The fourth-order valence-corrected chi connectivity index (χ4v) is 2.12. The number of piperidine rings is 1. The van der Waals surface area contributed by atoms with Gasteiger partial charge in [0.1, 0.15) is 0 Å². The summed E-state index contributed by atoms with van der Waals surface area (Å²) in [6, 6.07) is 4.66. The minimum absolute atomic E-state index is 0.379. The number of aryl methyl sites for hydroxylation is 1. The highest BCUT2D eigenvalue weighted by atomic mass is 15.2. The number of hydrogen-bond donors (Lipinski definition) is 1. The summed E-state index contributed by atoms with van der Waals surface area (Å²) < 4.78 is 2.18. The number of nitrogens with two attached hydrogens (primary N) is 1. The van der Waals surface area contributed by atoms with E-state index < -0.39 is 0 Å². The standard InChI is InChI=1S/C11H19N3/c1-13-6-3-5-11(13)9-14-7-2-4-10(12)8-14/h3,5-6,10H,2,4,7-9,12H2,1H3/t10-/m1/s1. The molecule has 2 heterocycles. The Hall–Kier alpha value is -0.800. The Morgan fingerprint density at radius 1 is 1.57 bits per heavy atom. The molecule has 1 aliphatic rings. The number of nitrogens with zero attached hydrogens (tertiary/aromatic N) is 2. The van der Waals surface area contributed by atoms with E-state index in [9.17, 15) is 0 Å². The van der Waals surface area contributed by atoms with Gasteiger partial charge in [0.05, 0.1) is 0 Å². The molecule has 0 aromatic carbocycles. The first-order valence-corrected chi connectivity index (χ1v) is 5.34. The average Bonchev–Trinajstić information content (AvgIpc) is 2.52. The van der Waals surface area contributed by atoms with E-state index in [1.807, 2.05) is 0 Å². The molecule has 0 amide bonds. The van der Waals surface area contributed by atoms with E-state index in [0.29, 0.717) is 6.04 Å². The van der Waals surface area contributed by atoms with Crippen molar-refractivity contribution in [3.05, 3.63) is 24.0 Å². The predicted octanol–water partition coefficient (Wildman–Crippen LogP) is 0.948. The van der Waals surface area contributed by atoms with Gasteiger partial charge >= 0.3 is 0 Å². The molecule has 14 heavy (non-hydrogen) atoms. The summed E-state index contributed by atoms with van der Waals surface area (Å²) in [6.45, 7) is 3.28. The van der Waals surface area contributed by atoms with Gasteiger partial charge in [0.25, 0.3) is 0 Å². The van der Waals surface area contributed by atoms with Crippen molar-refractivity contribution in [1.82, 2.24) is 9.47 Å². The van der Waals surface area contributed by atoms with Crippen LogP contribution in [0.4, 0.5) is 0 Å². The highest BCUT2D eigenvalue weighted by molar-refractivity contribution is 5.06. The van der Waals surface area contributed by atoms with Gasteiger partial charge in [-0.25, -0.2) is 0 Å². The van der Waals surface area contributed by atoms with Crippen LogP contribution in [0.15, 0.2) is 18.3 Å². The zero-order valence-electron chi connectivity index (χ0n) is 8.82. The molecule has 2 N–H and O–H groups in total. The lowest BCUT2D eigenvalue weighted by molar-refractivity contribution is 0.198. The van der Waals surface area contributed by atoms with E-state index >= 15 is 0 Å². The lowest BCUT2D eigenvalue weighted by Crippen LogP contribution is -2.42. The fourth-order valence-electron chi connectivity index (χ4n) is 2.12. The van der Waals surface area contributed by atoms with Crippen LogP contribution in [0.5, 0.6) is 0 Å². The lowest BCUT2D eigenvalue weighted by Gasteiger charge is -2.30. The average molecular weight is 193 g/mol. The topological polar surface area (TPSA) is 34.2 Å². The van der Waals surface area contributed by atoms with Crippen molar-refractivity contribution in [2.24, 2.45) is 12.8 Å². The second kappa shape index (κ2) is 4.15. The molecule has 1 atom stereocenters. The van der Waals surface area contributed by atoms with Crippen LogP contribution in [0.1, 0.15) is 18.5 Å². The van der Waals surface area contributed by atoms with Crippen LogP contribution in [0.3, 0.4) is 0 Å². The van der Waals surface area contributed by atoms with E-state index in [2.05, 4.69) is 34.8 Å².